The highest BCUT2D eigenvalue weighted by Gasteiger charge is 2.29. The summed E-state index contributed by atoms with van der Waals surface area (Å²) in [6, 6.07) is 5.66. The first-order valence-corrected chi connectivity index (χ1v) is 9.99. The Hall–Kier alpha value is -2.21. The molecule has 0 spiro atoms. The molecule has 3 aromatic rings. The number of thiophene rings is 1. The van der Waals surface area contributed by atoms with E-state index in [9.17, 15) is 9.59 Å². The van der Waals surface area contributed by atoms with E-state index in [1.807, 2.05) is 19.1 Å². The average Bonchev–Trinajstić information content (AvgIpc) is 3.05. The Bertz CT molecular complexity index is 1050. The van der Waals surface area contributed by atoms with Gasteiger partial charge in [0.25, 0.3) is 11.5 Å². The molecule has 0 unspecified atom stereocenters. The number of rotatable bonds is 2. The van der Waals surface area contributed by atoms with Crippen molar-refractivity contribution in [3.63, 3.8) is 0 Å². The minimum atomic E-state index is -0.122. The van der Waals surface area contributed by atoms with Crippen LogP contribution in [0.5, 0.6) is 0 Å². The summed E-state index contributed by atoms with van der Waals surface area (Å²) in [5, 5.41) is 3.69. The summed E-state index contributed by atoms with van der Waals surface area (Å²) < 4.78 is 1.55. The molecule has 4 rings (SSSR count). The fourth-order valence-corrected chi connectivity index (χ4v) is 4.82. The summed E-state index contributed by atoms with van der Waals surface area (Å²) in [6.45, 7) is 6.39. The zero-order valence-corrected chi connectivity index (χ0v) is 16.1. The maximum atomic E-state index is 12.8. The van der Waals surface area contributed by atoms with Crippen molar-refractivity contribution in [1.29, 1.82) is 0 Å². The molecule has 1 aliphatic rings. The second kappa shape index (κ2) is 6.50. The third-order valence-electron chi connectivity index (χ3n) is 5.78. The van der Waals surface area contributed by atoms with Crippen molar-refractivity contribution in [2.75, 3.05) is 0 Å². The molecule has 136 valence electrons. The third kappa shape index (κ3) is 2.82. The predicted octanol–water partition coefficient (Wildman–Crippen LogP) is 3.77. The number of nitrogens with one attached hydrogen (secondary N) is 1. The van der Waals surface area contributed by atoms with Crippen LogP contribution in [0, 0.1) is 18.8 Å². The molecule has 6 heteroatoms. The first-order chi connectivity index (χ1) is 12.5. The fraction of sp³-hybridized carbons (Fsp3) is 0.450. The number of aryl methyl sites for hydroxylation is 1. The zero-order valence-electron chi connectivity index (χ0n) is 15.3. The van der Waals surface area contributed by atoms with Gasteiger partial charge in [0.05, 0.1) is 10.3 Å². The first-order valence-electron chi connectivity index (χ1n) is 9.18. The largest absolute Gasteiger partial charge is 0.348 e. The summed E-state index contributed by atoms with van der Waals surface area (Å²) in [4.78, 5) is 31.3. The van der Waals surface area contributed by atoms with E-state index in [-0.39, 0.29) is 17.5 Å². The van der Waals surface area contributed by atoms with E-state index < -0.39 is 0 Å². The van der Waals surface area contributed by atoms with E-state index in [4.69, 9.17) is 0 Å². The van der Waals surface area contributed by atoms with Gasteiger partial charge in [-0.05, 0) is 42.9 Å². The van der Waals surface area contributed by atoms with E-state index in [1.54, 1.807) is 16.7 Å². The van der Waals surface area contributed by atoms with Crippen LogP contribution >= 0.6 is 11.3 Å². The van der Waals surface area contributed by atoms with Crippen molar-refractivity contribution in [2.24, 2.45) is 11.8 Å². The highest BCUT2D eigenvalue weighted by Crippen LogP contribution is 2.30. The van der Waals surface area contributed by atoms with Crippen LogP contribution in [0.25, 0.3) is 15.9 Å². The topological polar surface area (TPSA) is 63.5 Å². The van der Waals surface area contributed by atoms with Gasteiger partial charge in [0, 0.05) is 12.2 Å². The lowest BCUT2D eigenvalue weighted by atomic mass is 9.78. The molecule has 0 aliphatic heterocycles. The number of aromatic nitrogens is 2. The Morgan fingerprint density at radius 2 is 2.15 bits per heavy atom. The molecule has 3 aromatic heterocycles. The van der Waals surface area contributed by atoms with Crippen molar-refractivity contribution >= 4 is 33.1 Å². The van der Waals surface area contributed by atoms with Crippen LogP contribution in [0.2, 0.25) is 0 Å². The van der Waals surface area contributed by atoms with Gasteiger partial charge in [-0.1, -0.05) is 32.8 Å². The lowest BCUT2D eigenvalue weighted by Crippen LogP contribution is -2.43. The molecule has 0 radical (unpaired) electrons. The Morgan fingerprint density at radius 3 is 2.96 bits per heavy atom. The van der Waals surface area contributed by atoms with Crippen LogP contribution in [0.3, 0.4) is 0 Å². The number of carbonyl (C=O) groups is 1. The number of amides is 1. The van der Waals surface area contributed by atoms with Crippen molar-refractivity contribution < 1.29 is 4.79 Å². The zero-order chi connectivity index (χ0) is 18.4. The molecule has 1 N–H and O–H groups in total. The maximum Gasteiger partial charge on any atom is 0.266 e. The highest BCUT2D eigenvalue weighted by molar-refractivity contribution is 7.20. The molecule has 3 atom stereocenters. The number of nitrogens with zero attached hydrogens (tertiary/aromatic N) is 2. The normalized spacial score (nSPS) is 23.4. The quantitative estimate of drug-likeness (QED) is 0.748. The molecule has 0 bridgehead atoms. The minimum absolute atomic E-state index is 0.0934. The van der Waals surface area contributed by atoms with Crippen LogP contribution in [-0.4, -0.2) is 21.3 Å². The number of fused-ring (bicyclic) bond motifs is 2. The molecule has 1 aliphatic carbocycles. The molecule has 1 amide bonds. The fourth-order valence-electron chi connectivity index (χ4n) is 3.90. The second-order valence-corrected chi connectivity index (χ2v) is 8.51. The number of pyridine rings is 1. The van der Waals surface area contributed by atoms with Crippen LogP contribution in [0.15, 0.2) is 29.2 Å². The Labute approximate surface area is 156 Å². The van der Waals surface area contributed by atoms with Crippen LogP contribution < -0.4 is 10.9 Å². The van der Waals surface area contributed by atoms with Gasteiger partial charge in [0.2, 0.25) is 0 Å². The van der Waals surface area contributed by atoms with Crippen LogP contribution in [-0.2, 0) is 0 Å². The van der Waals surface area contributed by atoms with Gasteiger partial charge in [0.1, 0.15) is 10.5 Å². The molecule has 0 saturated heterocycles. The maximum absolute atomic E-state index is 12.8. The molecular weight excluding hydrogens is 346 g/mol. The summed E-state index contributed by atoms with van der Waals surface area (Å²) in [6.07, 6.45) is 5.12. The smallest absolute Gasteiger partial charge is 0.266 e. The monoisotopic (exact) mass is 369 g/mol. The summed E-state index contributed by atoms with van der Waals surface area (Å²) in [5.41, 5.74) is 1.47. The molecule has 26 heavy (non-hydrogen) atoms. The predicted molar refractivity (Wildman–Crippen MR) is 105 cm³/mol. The molecule has 0 aromatic carbocycles. The minimum Gasteiger partial charge on any atom is -0.348 e. The lowest BCUT2D eigenvalue weighted by molar-refractivity contribution is 0.0895. The third-order valence-corrected chi connectivity index (χ3v) is 6.81. The van der Waals surface area contributed by atoms with E-state index in [2.05, 4.69) is 24.1 Å². The van der Waals surface area contributed by atoms with Crippen LogP contribution in [0.1, 0.15) is 48.3 Å². The molecule has 5 nitrogen and oxygen atoms in total. The van der Waals surface area contributed by atoms with Gasteiger partial charge in [-0.2, -0.15) is 0 Å². The van der Waals surface area contributed by atoms with Crippen molar-refractivity contribution in [1.82, 2.24) is 14.7 Å². The number of carbonyl (C=O) groups excluding carboxylic acids is 1. The average molecular weight is 369 g/mol. The first kappa shape index (κ1) is 17.2. The number of hydrogen-bond acceptors (Lipinski definition) is 4. The molecule has 3 heterocycles. The van der Waals surface area contributed by atoms with Crippen molar-refractivity contribution in [3.05, 3.63) is 45.2 Å². The van der Waals surface area contributed by atoms with Crippen molar-refractivity contribution in [2.45, 2.75) is 46.1 Å². The van der Waals surface area contributed by atoms with Gasteiger partial charge in [-0.25, -0.2) is 4.98 Å². The summed E-state index contributed by atoms with van der Waals surface area (Å²) in [7, 11) is 0. The lowest BCUT2D eigenvalue weighted by Gasteiger charge is -2.34. The highest BCUT2D eigenvalue weighted by atomic mass is 32.1. The van der Waals surface area contributed by atoms with E-state index in [0.29, 0.717) is 32.6 Å². The van der Waals surface area contributed by atoms with Gasteiger partial charge >= 0.3 is 0 Å². The van der Waals surface area contributed by atoms with Gasteiger partial charge in [0.15, 0.2) is 0 Å². The van der Waals surface area contributed by atoms with Gasteiger partial charge < -0.3 is 5.32 Å². The molecule has 1 fully saturated rings. The van der Waals surface area contributed by atoms with Crippen LogP contribution in [0.4, 0.5) is 0 Å². The Balaban J connectivity index is 1.70. The number of hydrogen-bond donors (Lipinski definition) is 1. The molecular formula is C20H23N3O2S. The Morgan fingerprint density at radius 1 is 1.35 bits per heavy atom. The Kier molecular flexibility index (Phi) is 4.31. The van der Waals surface area contributed by atoms with Crippen molar-refractivity contribution in [3.8, 4) is 0 Å². The standard InChI is InChI=1S/C20H23N3O2S/c1-11-6-4-8-15(13(11)3)21-18(24)16-10-14-19(26-16)22-17-12(2)7-5-9-23(17)20(14)25/h5,7,9-11,13,15H,4,6,8H2,1-3H3,(H,21,24)/t11-,13+,15+/m0/s1. The SMILES string of the molecule is Cc1cccn2c(=O)c3cc(C(=O)N[C@@H]4CCC[C@H](C)[C@H]4C)sc3nc12. The van der Waals surface area contributed by atoms with Gasteiger partial charge in [-0.3, -0.25) is 14.0 Å². The summed E-state index contributed by atoms with van der Waals surface area (Å²) >= 11 is 1.30. The van der Waals surface area contributed by atoms with E-state index >= 15 is 0 Å². The second-order valence-electron chi connectivity index (χ2n) is 7.48. The van der Waals surface area contributed by atoms with E-state index in [0.717, 1.165) is 18.4 Å². The molecule has 1 saturated carbocycles. The summed E-state index contributed by atoms with van der Waals surface area (Å²) in [5.74, 6) is 0.997. The van der Waals surface area contributed by atoms with E-state index in [1.165, 1.54) is 17.8 Å². The van der Waals surface area contributed by atoms with Gasteiger partial charge in [-0.15, -0.1) is 11.3 Å².